The number of hydrogen-bond donors (Lipinski definition) is 1. The molecule has 0 unspecified atom stereocenters. The highest BCUT2D eigenvalue weighted by Gasteiger charge is 2.18. The van der Waals surface area contributed by atoms with Gasteiger partial charge < -0.3 is 10.5 Å². The molecule has 82 valence electrons. The van der Waals surface area contributed by atoms with E-state index in [0.717, 1.165) is 0 Å². The number of carbonyl (C=O) groups excluding carboxylic acids is 1. The number of pyridine rings is 1. The zero-order valence-electron chi connectivity index (χ0n) is 8.04. The standard InChI is InChI=1S/C9H10F2N2O2/c1-15-7-2-5(4-14)6(3-12)13-8(7)9(10)11/h2,4,9H,3,12H2,1H3. The smallest absolute Gasteiger partial charge is 0.284 e. The van der Waals surface area contributed by atoms with Gasteiger partial charge in [-0.2, -0.15) is 0 Å². The number of nitrogens with zero attached hydrogens (tertiary/aromatic N) is 1. The molecule has 0 saturated heterocycles. The molecule has 0 bridgehead atoms. The van der Waals surface area contributed by atoms with Crippen molar-refractivity contribution in [1.82, 2.24) is 4.98 Å². The molecule has 1 heterocycles. The third kappa shape index (κ3) is 2.27. The van der Waals surface area contributed by atoms with Gasteiger partial charge in [0, 0.05) is 12.1 Å². The van der Waals surface area contributed by atoms with E-state index in [0.29, 0.717) is 6.29 Å². The molecule has 0 aliphatic rings. The van der Waals surface area contributed by atoms with Gasteiger partial charge in [0.1, 0.15) is 11.4 Å². The summed E-state index contributed by atoms with van der Waals surface area (Å²) in [6.45, 7) is -0.0716. The van der Waals surface area contributed by atoms with Gasteiger partial charge in [0.15, 0.2) is 6.29 Å². The summed E-state index contributed by atoms with van der Waals surface area (Å²) in [4.78, 5) is 14.2. The maximum absolute atomic E-state index is 12.5. The van der Waals surface area contributed by atoms with Gasteiger partial charge in [0.05, 0.1) is 12.8 Å². The molecule has 0 fully saturated rings. The molecule has 0 aromatic carbocycles. The van der Waals surface area contributed by atoms with E-state index < -0.39 is 12.1 Å². The van der Waals surface area contributed by atoms with Crippen LogP contribution in [0.25, 0.3) is 0 Å². The lowest BCUT2D eigenvalue weighted by atomic mass is 10.1. The number of carbonyl (C=O) groups is 1. The number of aldehydes is 1. The van der Waals surface area contributed by atoms with Crippen LogP contribution < -0.4 is 10.5 Å². The fraction of sp³-hybridized carbons (Fsp3) is 0.333. The van der Waals surface area contributed by atoms with E-state index in [2.05, 4.69) is 4.98 Å². The Bertz CT molecular complexity index is 369. The van der Waals surface area contributed by atoms with Crippen LogP contribution in [0.2, 0.25) is 0 Å². The SMILES string of the molecule is COc1cc(C=O)c(CN)nc1C(F)F. The van der Waals surface area contributed by atoms with Crippen LogP contribution >= 0.6 is 0 Å². The Kier molecular flexibility index (Phi) is 3.68. The van der Waals surface area contributed by atoms with E-state index in [9.17, 15) is 13.6 Å². The number of alkyl halides is 2. The summed E-state index contributed by atoms with van der Waals surface area (Å²) in [7, 11) is 1.24. The van der Waals surface area contributed by atoms with E-state index in [1.807, 2.05) is 0 Å². The first-order valence-corrected chi connectivity index (χ1v) is 4.15. The maximum Gasteiger partial charge on any atom is 0.284 e. The van der Waals surface area contributed by atoms with Crippen molar-refractivity contribution in [3.05, 3.63) is 23.0 Å². The van der Waals surface area contributed by atoms with Crippen LogP contribution in [0, 0.1) is 0 Å². The molecule has 1 aromatic rings. The largest absolute Gasteiger partial charge is 0.495 e. The summed E-state index contributed by atoms with van der Waals surface area (Å²) in [5, 5.41) is 0. The third-order valence-corrected chi connectivity index (χ3v) is 1.87. The lowest BCUT2D eigenvalue weighted by molar-refractivity contribution is 0.111. The Hall–Kier alpha value is -1.56. The van der Waals surface area contributed by atoms with Gasteiger partial charge in [-0.15, -0.1) is 0 Å². The van der Waals surface area contributed by atoms with E-state index >= 15 is 0 Å². The number of halogens is 2. The Morgan fingerprint density at radius 1 is 1.67 bits per heavy atom. The number of nitrogens with two attached hydrogens (primary N) is 1. The number of hydrogen-bond acceptors (Lipinski definition) is 4. The maximum atomic E-state index is 12.5. The molecule has 15 heavy (non-hydrogen) atoms. The van der Waals surface area contributed by atoms with E-state index in [1.54, 1.807) is 0 Å². The summed E-state index contributed by atoms with van der Waals surface area (Å²) in [5.41, 5.74) is 5.09. The van der Waals surface area contributed by atoms with Gasteiger partial charge in [-0.3, -0.25) is 4.79 Å². The summed E-state index contributed by atoms with van der Waals surface area (Å²) >= 11 is 0. The van der Waals surface area contributed by atoms with Crippen LogP contribution in [0.3, 0.4) is 0 Å². The number of ether oxygens (including phenoxy) is 1. The van der Waals surface area contributed by atoms with Gasteiger partial charge in [-0.25, -0.2) is 13.8 Å². The lowest BCUT2D eigenvalue weighted by Crippen LogP contribution is -2.08. The summed E-state index contributed by atoms with van der Waals surface area (Å²) < 4.78 is 29.7. The van der Waals surface area contributed by atoms with Crippen molar-refractivity contribution in [2.75, 3.05) is 7.11 Å². The molecule has 0 radical (unpaired) electrons. The van der Waals surface area contributed by atoms with Crippen LogP contribution in [-0.2, 0) is 6.54 Å². The molecule has 2 N–H and O–H groups in total. The van der Waals surface area contributed by atoms with Crippen LogP contribution in [-0.4, -0.2) is 18.4 Å². The summed E-state index contributed by atoms with van der Waals surface area (Å²) in [6.07, 6.45) is -2.25. The number of methoxy groups -OCH3 is 1. The first-order valence-electron chi connectivity index (χ1n) is 4.15. The van der Waals surface area contributed by atoms with Crippen molar-refractivity contribution < 1.29 is 18.3 Å². The molecular weight excluding hydrogens is 206 g/mol. The average molecular weight is 216 g/mol. The number of rotatable bonds is 4. The topological polar surface area (TPSA) is 65.2 Å². The molecule has 0 atom stereocenters. The van der Waals surface area contributed by atoms with Crippen molar-refractivity contribution in [1.29, 1.82) is 0 Å². The minimum atomic E-state index is -2.76. The quantitative estimate of drug-likeness (QED) is 0.770. The van der Waals surface area contributed by atoms with Gasteiger partial charge >= 0.3 is 0 Å². The molecule has 0 amide bonds. The molecular formula is C9H10F2N2O2. The van der Waals surface area contributed by atoms with Crippen LogP contribution in [0.4, 0.5) is 8.78 Å². The average Bonchev–Trinajstić information content (AvgIpc) is 2.26. The Morgan fingerprint density at radius 2 is 2.33 bits per heavy atom. The first-order chi connectivity index (χ1) is 7.13. The molecule has 1 rings (SSSR count). The highest BCUT2D eigenvalue weighted by molar-refractivity contribution is 5.77. The second-order valence-corrected chi connectivity index (χ2v) is 2.73. The Morgan fingerprint density at radius 3 is 2.73 bits per heavy atom. The van der Waals surface area contributed by atoms with Crippen molar-refractivity contribution >= 4 is 6.29 Å². The molecule has 1 aromatic heterocycles. The second-order valence-electron chi connectivity index (χ2n) is 2.73. The Balaban J connectivity index is 3.33. The molecule has 0 saturated carbocycles. The predicted octanol–water partition coefficient (Wildman–Crippen LogP) is 1.30. The fourth-order valence-corrected chi connectivity index (χ4v) is 1.15. The summed E-state index contributed by atoms with van der Waals surface area (Å²) in [5.74, 6) is -0.107. The summed E-state index contributed by atoms with van der Waals surface area (Å²) in [6, 6.07) is 1.21. The molecule has 4 nitrogen and oxygen atoms in total. The van der Waals surface area contributed by atoms with Crippen LogP contribution in [0.15, 0.2) is 6.07 Å². The minimum absolute atomic E-state index is 0.0716. The highest BCUT2D eigenvalue weighted by atomic mass is 19.3. The fourth-order valence-electron chi connectivity index (χ4n) is 1.15. The van der Waals surface area contributed by atoms with Crippen molar-refractivity contribution in [3.63, 3.8) is 0 Å². The Labute approximate surface area is 85.1 Å². The molecule has 0 spiro atoms. The third-order valence-electron chi connectivity index (χ3n) is 1.87. The van der Waals surface area contributed by atoms with Crippen molar-refractivity contribution in [2.45, 2.75) is 13.0 Å². The normalized spacial score (nSPS) is 10.5. The molecule has 0 aliphatic carbocycles. The second kappa shape index (κ2) is 4.79. The van der Waals surface area contributed by atoms with Crippen LogP contribution in [0.1, 0.15) is 28.2 Å². The van der Waals surface area contributed by atoms with Gasteiger partial charge in [0.25, 0.3) is 6.43 Å². The van der Waals surface area contributed by atoms with Crippen molar-refractivity contribution in [3.8, 4) is 5.75 Å². The van der Waals surface area contributed by atoms with Gasteiger partial charge in [-0.05, 0) is 6.07 Å². The first kappa shape index (κ1) is 11.5. The minimum Gasteiger partial charge on any atom is -0.495 e. The lowest BCUT2D eigenvalue weighted by Gasteiger charge is -2.10. The van der Waals surface area contributed by atoms with Gasteiger partial charge in [-0.1, -0.05) is 0 Å². The highest BCUT2D eigenvalue weighted by Crippen LogP contribution is 2.28. The van der Waals surface area contributed by atoms with Crippen molar-refractivity contribution in [2.24, 2.45) is 5.73 Å². The van der Waals surface area contributed by atoms with E-state index in [-0.39, 0.29) is 23.6 Å². The monoisotopic (exact) mass is 216 g/mol. The predicted molar refractivity (Wildman–Crippen MR) is 49.0 cm³/mol. The van der Waals surface area contributed by atoms with E-state index in [1.165, 1.54) is 13.2 Å². The number of aromatic nitrogens is 1. The van der Waals surface area contributed by atoms with E-state index in [4.69, 9.17) is 10.5 Å². The zero-order valence-corrected chi connectivity index (χ0v) is 8.04. The molecule has 6 heteroatoms. The van der Waals surface area contributed by atoms with Crippen LogP contribution in [0.5, 0.6) is 5.75 Å². The van der Waals surface area contributed by atoms with Gasteiger partial charge in [0.2, 0.25) is 0 Å². The zero-order chi connectivity index (χ0) is 11.4. The molecule has 0 aliphatic heterocycles.